The van der Waals surface area contributed by atoms with Crippen LogP contribution in [0.2, 0.25) is 0 Å². The van der Waals surface area contributed by atoms with Gasteiger partial charge < -0.3 is 10.1 Å². The molecule has 1 atom stereocenters. The minimum Gasteiger partial charge on any atom is -0.443 e. The normalized spacial score (nSPS) is 22.5. The van der Waals surface area contributed by atoms with Gasteiger partial charge >= 0.3 is 12.0 Å². The van der Waals surface area contributed by atoms with Crippen molar-refractivity contribution in [2.75, 3.05) is 6.61 Å². The third kappa shape index (κ3) is 2.44. The Morgan fingerprint density at radius 2 is 1.94 bits per heavy atom. The first-order chi connectivity index (χ1) is 8.40. The Balaban J connectivity index is 2.26. The molecule has 98 valence electrons. The Morgan fingerprint density at radius 3 is 2.50 bits per heavy atom. The molecular formula is C13H15F2NO2. The second-order valence-electron chi connectivity index (χ2n) is 4.74. The summed E-state index contributed by atoms with van der Waals surface area (Å²) in [6.07, 6.45) is -0.807. The number of alkyl carbamates (subject to hydrolysis) is 1. The summed E-state index contributed by atoms with van der Waals surface area (Å²) in [5.74, 6) is -2.75. The molecule has 3 nitrogen and oxygen atoms in total. The number of carbonyl (C=O) groups excluding carboxylic acids is 1. The van der Waals surface area contributed by atoms with Crippen molar-refractivity contribution in [2.45, 2.75) is 31.7 Å². The maximum atomic E-state index is 13.6. The summed E-state index contributed by atoms with van der Waals surface area (Å²) >= 11 is 0. The van der Waals surface area contributed by atoms with Crippen molar-refractivity contribution >= 4 is 6.09 Å². The number of amides is 1. The van der Waals surface area contributed by atoms with Gasteiger partial charge in [0.1, 0.15) is 6.04 Å². The number of hydrogen-bond acceptors (Lipinski definition) is 2. The Bertz CT molecular complexity index is 443. The van der Waals surface area contributed by atoms with Crippen LogP contribution in [0, 0.1) is 0 Å². The van der Waals surface area contributed by atoms with Crippen LogP contribution in [0.5, 0.6) is 0 Å². The summed E-state index contributed by atoms with van der Waals surface area (Å²) in [5.41, 5.74) is 1.46. The van der Waals surface area contributed by atoms with Crippen LogP contribution in [0.3, 0.4) is 0 Å². The van der Waals surface area contributed by atoms with Crippen molar-refractivity contribution < 1.29 is 18.3 Å². The maximum absolute atomic E-state index is 13.6. The zero-order valence-corrected chi connectivity index (χ0v) is 10.2. The van der Waals surface area contributed by atoms with Crippen molar-refractivity contribution in [3.63, 3.8) is 0 Å². The maximum Gasteiger partial charge on any atom is 0.408 e. The van der Waals surface area contributed by atoms with E-state index in [2.05, 4.69) is 10.1 Å². The highest BCUT2D eigenvalue weighted by Crippen LogP contribution is 2.34. The van der Waals surface area contributed by atoms with Crippen LogP contribution in [0.4, 0.5) is 13.6 Å². The molecule has 5 heteroatoms. The molecule has 0 aliphatic carbocycles. The number of cyclic esters (lactones) is 1. The van der Waals surface area contributed by atoms with Gasteiger partial charge in [-0.05, 0) is 17.0 Å². The quantitative estimate of drug-likeness (QED) is 0.881. The minimum atomic E-state index is -3.09. The van der Waals surface area contributed by atoms with E-state index in [4.69, 9.17) is 0 Å². The van der Waals surface area contributed by atoms with Gasteiger partial charge in [0.25, 0.3) is 0 Å². The molecule has 18 heavy (non-hydrogen) atoms. The van der Waals surface area contributed by atoms with E-state index >= 15 is 0 Å². The fourth-order valence-corrected chi connectivity index (χ4v) is 1.91. The Morgan fingerprint density at radius 1 is 1.33 bits per heavy atom. The van der Waals surface area contributed by atoms with Gasteiger partial charge in [0, 0.05) is 0 Å². The van der Waals surface area contributed by atoms with Crippen LogP contribution in [-0.2, 0) is 4.74 Å². The van der Waals surface area contributed by atoms with Crippen molar-refractivity contribution in [3.8, 4) is 0 Å². The Labute approximate surface area is 104 Å². The molecule has 1 aromatic rings. The number of alkyl halides is 2. The number of hydrogen-bond donors (Lipinski definition) is 1. The average Bonchev–Trinajstić information content (AvgIpc) is 2.32. The molecular weight excluding hydrogens is 240 g/mol. The lowest BCUT2D eigenvalue weighted by atomic mass is 9.96. The largest absolute Gasteiger partial charge is 0.443 e. The summed E-state index contributed by atoms with van der Waals surface area (Å²) in [4.78, 5) is 11.0. The van der Waals surface area contributed by atoms with Crippen molar-refractivity contribution in [1.29, 1.82) is 0 Å². The van der Waals surface area contributed by atoms with E-state index in [1.807, 2.05) is 13.8 Å². The van der Waals surface area contributed by atoms with E-state index in [1.165, 1.54) is 0 Å². The fraction of sp³-hybridized carbons (Fsp3) is 0.462. The molecule has 0 saturated carbocycles. The Kier molecular flexibility index (Phi) is 3.24. The van der Waals surface area contributed by atoms with E-state index < -0.39 is 24.7 Å². The van der Waals surface area contributed by atoms with Crippen LogP contribution in [0.25, 0.3) is 0 Å². The summed E-state index contributed by atoms with van der Waals surface area (Å²) in [6.45, 7) is 3.18. The average molecular weight is 255 g/mol. The zero-order chi connectivity index (χ0) is 13.3. The van der Waals surface area contributed by atoms with Crippen molar-refractivity contribution in [1.82, 2.24) is 5.32 Å². The zero-order valence-electron chi connectivity index (χ0n) is 10.2. The molecule has 1 heterocycles. The molecule has 1 fully saturated rings. The highest BCUT2D eigenvalue weighted by Gasteiger charge is 2.46. The number of ether oxygens (including phenoxy) is 1. The number of nitrogens with one attached hydrogen (secondary N) is 1. The number of rotatable bonds is 2. The third-order valence-electron chi connectivity index (χ3n) is 3.02. The predicted octanol–water partition coefficient (Wildman–Crippen LogP) is 3.23. The lowest BCUT2D eigenvalue weighted by Crippen LogP contribution is -2.49. The Hall–Kier alpha value is -1.65. The number of carbonyl (C=O) groups is 1. The first kappa shape index (κ1) is 12.8. The van der Waals surface area contributed by atoms with E-state index in [0.29, 0.717) is 11.5 Å². The van der Waals surface area contributed by atoms with Gasteiger partial charge in [0.15, 0.2) is 6.61 Å². The smallest absolute Gasteiger partial charge is 0.408 e. The van der Waals surface area contributed by atoms with Gasteiger partial charge in [-0.25, -0.2) is 13.6 Å². The highest BCUT2D eigenvalue weighted by molar-refractivity contribution is 5.69. The standard InChI is InChI=1S/C13H15F2NO2/c1-8(2)9-3-5-10(6-4-9)11-13(14,15)7-18-12(17)16-11/h3-6,8,11H,7H2,1-2H3,(H,16,17)/t11-/m1/s1. The van der Waals surface area contributed by atoms with Gasteiger partial charge in [0.2, 0.25) is 0 Å². The molecule has 1 amide bonds. The van der Waals surface area contributed by atoms with Crippen LogP contribution in [0.1, 0.15) is 36.9 Å². The topological polar surface area (TPSA) is 38.3 Å². The molecule has 1 aliphatic heterocycles. The molecule has 2 rings (SSSR count). The van der Waals surface area contributed by atoms with Crippen molar-refractivity contribution in [3.05, 3.63) is 35.4 Å². The van der Waals surface area contributed by atoms with Crippen LogP contribution < -0.4 is 5.32 Å². The lowest BCUT2D eigenvalue weighted by molar-refractivity contribution is -0.104. The molecule has 0 unspecified atom stereocenters. The summed E-state index contributed by atoms with van der Waals surface area (Å²) in [7, 11) is 0. The van der Waals surface area contributed by atoms with Gasteiger partial charge in [-0.2, -0.15) is 0 Å². The van der Waals surface area contributed by atoms with Crippen LogP contribution in [-0.4, -0.2) is 18.6 Å². The summed E-state index contributed by atoms with van der Waals surface area (Å²) in [5, 5.41) is 2.16. The van der Waals surface area contributed by atoms with E-state index in [9.17, 15) is 13.6 Å². The summed E-state index contributed by atoms with van der Waals surface area (Å²) < 4.78 is 31.6. The second-order valence-corrected chi connectivity index (χ2v) is 4.74. The first-order valence-electron chi connectivity index (χ1n) is 5.81. The first-order valence-corrected chi connectivity index (χ1v) is 5.81. The lowest BCUT2D eigenvalue weighted by Gasteiger charge is -2.31. The van der Waals surface area contributed by atoms with Gasteiger partial charge in [-0.3, -0.25) is 0 Å². The fourth-order valence-electron chi connectivity index (χ4n) is 1.91. The van der Waals surface area contributed by atoms with Crippen LogP contribution in [0.15, 0.2) is 24.3 Å². The van der Waals surface area contributed by atoms with Gasteiger partial charge in [-0.15, -0.1) is 0 Å². The third-order valence-corrected chi connectivity index (χ3v) is 3.02. The highest BCUT2D eigenvalue weighted by atomic mass is 19.3. The monoisotopic (exact) mass is 255 g/mol. The molecule has 0 bridgehead atoms. The molecule has 0 spiro atoms. The predicted molar refractivity (Wildman–Crippen MR) is 62.7 cm³/mol. The molecule has 1 saturated heterocycles. The molecule has 0 radical (unpaired) electrons. The number of benzene rings is 1. The van der Waals surface area contributed by atoms with E-state index in [-0.39, 0.29) is 0 Å². The summed E-state index contributed by atoms with van der Waals surface area (Å²) in [6, 6.07) is 5.54. The second kappa shape index (κ2) is 4.55. The number of halogens is 2. The minimum absolute atomic E-state index is 0.337. The van der Waals surface area contributed by atoms with Gasteiger partial charge in [0.05, 0.1) is 0 Å². The van der Waals surface area contributed by atoms with Crippen LogP contribution >= 0.6 is 0 Å². The molecule has 1 aromatic carbocycles. The SMILES string of the molecule is CC(C)c1ccc([C@H]2NC(=O)OCC2(F)F)cc1. The van der Waals surface area contributed by atoms with Gasteiger partial charge in [-0.1, -0.05) is 38.1 Å². The van der Waals surface area contributed by atoms with Crippen molar-refractivity contribution in [2.24, 2.45) is 0 Å². The van der Waals surface area contributed by atoms with E-state index in [1.54, 1.807) is 24.3 Å². The molecule has 0 aromatic heterocycles. The molecule has 1 aliphatic rings. The molecule has 1 N–H and O–H groups in total. The van der Waals surface area contributed by atoms with E-state index in [0.717, 1.165) is 5.56 Å².